The number of amides is 1. The molecule has 0 bridgehead atoms. The Bertz CT molecular complexity index is 735. The number of rotatable bonds is 2. The number of aromatic amines is 1. The van der Waals surface area contributed by atoms with Crippen molar-refractivity contribution >= 4 is 34.0 Å². The number of halogens is 1. The number of aromatic nitrogens is 1. The van der Waals surface area contributed by atoms with E-state index in [2.05, 4.69) is 10.3 Å². The molecule has 2 aromatic rings. The van der Waals surface area contributed by atoms with Crippen LogP contribution < -0.4 is 16.6 Å². The fraction of sp³-hybridized carbons (Fsp3) is 0.286. The van der Waals surface area contributed by atoms with Crippen molar-refractivity contribution in [3.8, 4) is 0 Å². The van der Waals surface area contributed by atoms with Gasteiger partial charge in [0.1, 0.15) is 0 Å². The Hall–Kier alpha value is -1.85. The van der Waals surface area contributed by atoms with Gasteiger partial charge >= 0.3 is 0 Å². The van der Waals surface area contributed by atoms with Crippen LogP contribution >= 0.6 is 11.6 Å². The molecule has 4 N–H and O–H groups in total. The van der Waals surface area contributed by atoms with Crippen LogP contribution in [0.25, 0.3) is 10.8 Å². The fourth-order valence-electron chi connectivity index (χ4n) is 2.42. The first kappa shape index (κ1) is 13.1. The van der Waals surface area contributed by atoms with Crippen LogP contribution in [0.2, 0.25) is 5.02 Å². The van der Waals surface area contributed by atoms with Gasteiger partial charge in [0, 0.05) is 23.5 Å². The first-order chi connectivity index (χ1) is 9.54. The normalized spacial score (nSPS) is 21.5. The van der Waals surface area contributed by atoms with Crippen molar-refractivity contribution in [3.63, 3.8) is 0 Å². The number of H-pyrrole nitrogens is 1. The SMILES string of the molecule is N[C@H]1C[C@H](C(=O)Nc2cc3cc[nH]c(=O)c3cc2Cl)C1. The molecule has 1 aromatic carbocycles. The number of carbonyl (C=O) groups is 1. The lowest BCUT2D eigenvalue weighted by atomic mass is 9.80. The van der Waals surface area contributed by atoms with Gasteiger partial charge in [0.15, 0.2) is 0 Å². The van der Waals surface area contributed by atoms with E-state index in [-0.39, 0.29) is 23.4 Å². The fourth-order valence-corrected chi connectivity index (χ4v) is 2.63. The maximum absolute atomic E-state index is 12.0. The molecular weight excluding hydrogens is 278 g/mol. The van der Waals surface area contributed by atoms with Gasteiger partial charge in [-0.05, 0) is 36.4 Å². The second-order valence-electron chi connectivity index (χ2n) is 5.14. The molecule has 1 saturated carbocycles. The minimum Gasteiger partial charge on any atom is -0.329 e. The van der Waals surface area contributed by atoms with E-state index >= 15 is 0 Å². The third-order valence-corrected chi connectivity index (χ3v) is 3.98. The van der Waals surface area contributed by atoms with Crippen molar-refractivity contribution in [1.29, 1.82) is 0 Å². The van der Waals surface area contributed by atoms with Crippen molar-refractivity contribution in [2.45, 2.75) is 18.9 Å². The van der Waals surface area contributed by atoms with Gasteiger partial charge in [0.25, 0.3) is 5.56 Å². The monoisotopic (exact) mass is 291 g/mol. The summed E-state index contributed by atoms with van der Waals surface area (Å²) in [4.78, 5) is 26.2. The quantitative estimate of drug-likeness (QED) is 0.789. The number of hydrogen-bond donors (Lipinski definition) is 3. The van der Waals surface area contributed by atoms with E-state index in [1.54, 1.807) is 24.4 Å². The topological polar surface area (TPSA) is 88.0 Å². The number of pyridine rings is 1. The lowest BCUT2D eigenvalue weighted by Crippen LogP contribution is -2.42. The van der Waals surface area contributed by atoms with Crippen molar-refractivity contribution in [2.24, 2.45) is 11.7 Å². The minimum absolute atomic E-state index is 0.0454. The van der Waals surface area contributed by atoms with Gasteiger partial charge in [0.05, 0.1) is 10.7 Å². The van der Waals surface area contributed by atoms with Crippen LogP contribution in [0.5, 0.6) is 0 Å². The van der Waals surface area contributed by atoms with Gasteiger partial charge in [-0.15, -0.1) is 0 Å². The third kappa shape index (κ3) is 2.30. The molecule has 1 aliphatic carbocycles. The van der Waals surface area contributed by atoms with E-state index in [0.29, 0.717) is 28.9 Å². The van der Waals surface area contributed by atoms with Gasteiger partial charge in [-0.3, -0.25) is 9.59 Å². The number of anilines is 1. The van der Waals surface area contributed by atoms with E-state index in [0.717, 1.165) is 5.39 Å². The molecule has 0 spiro atoms. The van der Waals surface area contributed by atoms with Crippen LogP contribution in [-0.4, -0.2) is 16.9 Å². The van der Waals surface area contributed by atoms with Crippen LogP contribution in [0.4, 0.5) is 5.69 Å². The summed E-state index contributed by atoms with van der Waals surface area (Å²) in [6.07, 6.45) is 2.97. The first-order valence-electron chi connectivity index (χ1n) is 6.42. The van der Waals surface area contributed by atoms with Gasteiger partial charge < -0.3 is 16.0 Å². The van der Waals surface area contributed by atoms with Crippen LogP contribution in [-0.2, 0) is 4.79 Å². The van der Waals surface area contributed by atoms with Crippen molar-refractivity contribution in [2.75, 3.05) is 5.32 Å². The largest absolute Gasteiger partial charge is 0.329 e. The average Bonchev–Trinajstić information content (AvgIpc) is 2.37. The predicted molar refractivity (Wildman–Crippen MR) is 78.9 cm³/mol. The summed E-state index contributed by atoms with van der Waals surface area (Å²) in [7, 11) is 0. The summed E-state index contributed by atoms with van der Waals surface area (Å²) >= 11 is 6.12. The maximum Gasteiger partial charge on any atom is 0.255 e. The number of carbonyl (C=O) groups excluding carboxylic acids is 1. The zero-order chi connectivity index (χ0) is 14.3. The number of nitrogens with one attached hydrogen (secondary N) is 2. The first-order valence-corrected chi connectivity index (χ1v) is 6.80. The smallest absolute Gasteiger partial charge is 0.255 e. The van der Waals surface area contributed by atoms with Crippen molar-refractivity contribution in [1.82, 2.24) is 4.98 Å². The molecule has 0 aliphatic heterocycles. The molecule has 104 valence electrons. The van der Waals surface area contributed by atoms with Gasteiger partial charge in [-0.25, -0.2) is 0 Å². The predicted octanol–water partition coefficient (Wildman–Crippen LogP) is 1.86. The highest BCUT2D eigenvalue weighted by atomic mass is 35.5. The molecule has 1 amide bonds. The van der Waals surface area contributed by atoms with Crippen LogP contribution in [0.15, 0.2) is 29.2 Å². The molecular formula is C14H14ClN3O2. The molecule has 0 saturated heterocycles. The third-order valence-electron chi connectivity index (χ3n) is 3.66. The van der Waals surface area contributed by atoms with E-state index < -0.39 is 0 Å². The van der Waals surface area contributed by atoms with Crippen molar-refractivity contribution in [3.05, 3.63) is 39.8 Å². The number of fused-ring (bicyclic) bond motifs is 1. The summed E-state index contributed by atoms with van der Waals surface area (Å²) < 4.78 is 0. The molecule has 5 nitrogen and oxygen atoms in total. The molecule has 3 rings (SSSR count). The summed E-state index contributed by atoms with van der Waals surface area (Å²) in [6, 6.07) is 5.17. The standard InChI is InChI=1S/C14H14ClN3O2/c15-11-6-10-7(1-2-17-14(10)20)5-12(11)18-13(19)8-3-9(16)4-8/h1-2,5-6,8-9H,3-4,16H2,(H,17,20)(H,18,19)/t8-,9-. The highest BCUT2D eigenvalue weighted by molar-refractivity contribution is 6.34. The van der Waals surface area contributed by atoms with Gasteiger partial charge in [-0.2, -0.15) is 0 Å². The lowest BCUT2D eigenvalue weighted by Gasteiger charge is -2.31. The molecule has 1 aromatic heterocycles. The number of benzene rings is 1. The van der Waals surface area contributed by atoms with E-state index in [4.69, 9.17) is 17.3 Å². The van der Waals surface area contributed by atoms with Gasteiger partial charge in [-0.1, -0.05) is 11.6 Å². The lowest BCUT2D eigenvalue weighted by molar-refractivity contribution is -0.122. The summed E-state index contributed by atoms with van der Waals surface area (Å²) in [5.41, 5.74) is 6.00. The van der Waals surface area contributed by atoms with Crippen LogP contribution in [0.3, 0.4) is 0 Å². The maximum atomic E-state index is 12.0. The Morgan fingerprint density at radius 2 is 2.15 bits per heavy atom. The van der Waals surface area contributed by atoms with E-state index in [1.807, 2.05) is 0 Å². The summed E-state index contributed by atoms with van der Waals surface area (Å²) in [5, 5.41) is 4.39. The Kier molecular flexibility index (Phi) is 3.23. The Labute approximate surface area is 120 Å². The molecule has 0 atom stereocenters. The molecule has 6 heteroatoms. The Morgan fingerprint density at radius 1 is 1.40 bits per heavy atom. The Balaban J connectivity index is 1.90. The second kappa shape index (κ2) is 4.92. The van der Waals surface area contributed by atoms with Crippen LogP contribution in [0.1, 0.15) is 12.8 Å². The zero-order valence-corrected chi connectivity index (χ0v) is 11.4. The molecule has 0 unspecified atom stereocenters. The highest BCUT2D eigenvalue weighted by Crippen LogP contribution is 2.30. The molecule has 1 aliphatic rings. The van der Waals surface area contributed by atoms with E-state index in [1.165, 1.54) is 0 Å². The van der Waals surface area contributed by atoms with Crippen LogP contribution in [0, 0.1) is 5.92 Å². The average molecular weight is 292 g/mol. The van der Waals surface area contributed by atoms with Gasteiger partial charge in [0.2, 0.25) is 5.91 Å². The molecule has 1 heterocycles. The molecule has 1 fully saturated rings. The Morgan fingerprint density at radius 3 is 2.85 bits per heavy atom. The van der Waals surface area contributed by atoms with E-state index in [9.17, 15) is 9.59 Å². The summed E-state index contributed by atoms with van der Waals surface area (Å²) in [6.45, 7) is 0. The molecule has 0 radical (unpaired) electrons. The highest BCUT2D eigenvalue weighted by Gasteiger charge is 2.32. The number of hydrogen-bond acceptors (Lipinski definition) is 3. The molecule has 20 heavy (non-hydrogen) atoms. The number of nitrogens with two attached hydrogens (primary N) is 1. The minimum atomic E-state index is -0.202. The zero-order valence-electron chi connectivity index (χ0n) is 10.7. The summed E-state index contributed by atoms with van der Waals surface area (Å²) in [5.74, 6) is -0.117. The second-order valence-corrected chi connectivity index (χ2v) is 5.55. The van der Waals surface area contributed by atoms with Crippen molar-refractivity contribution < 1.29 is 4.79 Å².